The van der Waals surface area contributed by atoms with E-state index in [2.05, 4.69) is 0 Å². The summed E-state index contributed by atoms with van der Waals surface area (Å²) in [6, 6.07) is 0. The molecule has 0 saturated heterocycles. The summed E-state index contributed by atoms with van der Waals surface area (Å²) < 4.78 is 5.70. The lowest BCUT2D eigenvalue weighted by Crippen LogP contribution is -2.42. The first-order valence-corrected chi connectivity index (χ1v) is 7.73. The third-order valence-electron chi connectivity index (χ3n) is 5.94. The van der Waals surface area contributed by atoms with Crippen LogP contribution in [0.3, 0.4) is 0 Å². The van der Waals surface area contributed by atoms with Crippen LogP contribution in [0.25, 0.3) is 0 Å². The van der Waals surface area contributed by atoms with Gasteiger partial charge in [-0.25, -0.2) is 0 Å². The van der Waals surface area contributed by atoms with E-state index in [4.69, 9.17) is 4.74 Å². The molecule has 4 bridgehead atoms. The second kappa shape index (κ2) is 4.34. The van der Waals surface area contributed by atoms with Crippen molar-refractivity contribution in [1.82, 2.24) is 0 Å². The summed E-state index contributed by atoms with van der Waals surface area (Å²) in [4.78, 5) is 23.8. The van der Waals surface area contributed by atoms with Crippen LogP contribution >= 0.6 is 0 Å². The van der Waals surface area contributed by atoms with Crippen LogP contribution in [0.2, 0.25) is 0 Å². The van der Waals surface area contributed by atoms with Gasteiger partial charge in [0.05, 0.1) is 5.92 Å². The first-order valence-electron chi connectivity index (χ1n) is 7.73. The molecule has 0 aromatic rings. The van der Waals surface area contributed by atoms with Gasteiger partial charge in [0, 0.05) is 11.9 Å². The number of esters is 1. The second-order valence-electron chi connectivity index (χ2n) is 6.97. The standard InChI is InChI=1S/C16H20O4/c17-15(18)13-10-3-4-11(7-10)14(13)16(19)20-12-6-8-1-2-9(12)5-8/h3-4,8-14H,1-2,5-7H2,(H,17,18)/p-1/t8-,9+,10-,11+,12+,13-,14-/m0/s1. The third-order valence-corrected chi connectivity index (χ3v) is 5.94. The second-order valence-corrected chi connectivity index (χ2v) is 6.97. The van der Waals surface area contributed by atoms with Crippen LogP contribution in [0.15, 0.2) is 12.2 Å². The smallest absolute Gasteiger partial charge is 0.310 e. The van der Waals surface area contributed by atoms with Gasteiger partial charge in [0.25, 0.3) is 0 Å². The lowest BCUT2D eigenvalue weighted by molar-refractivity contribution is -0.314. The van der Waals surface area contributed by atoms with Crippen LogP contribution in [-0.2, 0) is 14.3 Å². The lowest BCUT2D eigenvalue weighted by Gasteiger charge is -2.30. The number of ether oxygens (including phenoxy) is 1. The van der Waals surface area contributed by atoms with Crippen molar-refractivity contribution in [3.63, 3.8) is 0 Å². The molecule has 0 aromatic heterocycles. The average Bonchev–Trinajstić information content (AvgIpc) is 3.16. The maximum atomic E-state index is 12.4. The molecule has 4 heteroatoms. The maximum absolute atomic E-state index is 12.4. The summed E-state index contributed by atoms with van der Waals surface area (Å²) in [7, 11) is 0. The van der Waals surface area contributed by atoms with Gasteiger partial charge in [0.15, 0.2) is 0 Å². The lowest BCUT2D eigenvalue weighted by atomic mass is 9.83. The van der Waals surface area contributed by atoms with Crippen LogP contribution in [0.4, 0.5) is 0 Å². The van der Waals surface area contributed by atoms with Crippen molar-refractivity contribution in [1.29, 1.82) is 0 Å². The molecule has 0 aromatic carbocycles. The fourth-order valence-corrected chi connectivity index (χ4v) is 5.02. The van der Waals surface area contributed by atoms with Gasteiger partial charge in [0.1, 0.15) is 6.10 Å². The number of hydrogen-bond donors (Lipinski definition) is 0. The third kappa shape index (κ3) is 1.73. The van der Waals surface area contributed by atoms with E-state index < -0.39 is 17.8 Å². The van der Waals surface area contributed by atoms with Gasteiger partial charge in [-0.15, -0.1) is 0 Å². The highest BCUT2D eigenvalue weighted by Gasteiger charge is 2.51. The minimum Gasteiger partial charge on any atom is -0.550 e. The number of rotatable bonds is 3. The molecule has 0 N–H and O–H groups in total. The number of carboxylic acids is 1. The molecule has 0 radical (unpaired) electrons. The predicted molar refractivity (Wildman–Crippen MR) is 68.1 cm³/mol. The molecule has 0 amide bonds. The van der Waals surface area contributed by atoms with Gasteiger partial charge < -0.3 is 14.6 Å². The minimum atomic E-state index is -1.10. The number of carboxylic acid groups (broad SMARTS) is 1. The Morgan fingerprint density at radius 3 is 2.35 bits per heavy atom. The summed E-state index contributed by atoms with van der Waals surface area (Å²) in [6.45, 7) is 0. The summed E-state index contributed by atoms with van der Waals surface area (Å²) in [5, 5.41) is 11.3. The van der Waals surface area contributed by atoms with E-state index in [1.807, 2.05) is 12.2 Å². The fraction of sp³-hybridized carbons (Fsp3) is 0.750. The van der Waals surface area contributed by atoms with E-state index >= 15 is 0 Å². The average molecular weight is 275 g/mol. The van der Waals surface area contributed by atoms with Crippen LogP contribution in [0, 0.1) is 35.5 Å². The molecule has 7 atom stereocenters. The largest absolute Gasteiger partial charge is 0.550 e. The summed E-state index contributed by atoms with van der Waals surface area (Å²) >= 11 is 0. The van der Waals surface area contributed by atoms with E-state index in [0.29, 0.717) is 5.92 Å². The van der Waals surface area contributed by atoms with E-state index in [9.17, 15) is 14.7 Å². The highest BCUT2D eigenvalue weighted by atomic mass is 16.5. The molecule has 0 aliphatic heterocycles. The summed E-state index contributed by atoms with van der Waals surface area (Å²) in [5.74, 6) is -1.37. The van der Waals surface area contributed by atoms with Gasteiger partial charge >= 0.3 is 5.97 Å². The SMILES string of the molecule is O=C(O[C@@H]1C[C@H]2CC[C@@H]1C2)[C@@H]1[C@@H](C(=O)[O-])[C@H]2C=C[C@@H]1C2. The van der Waals surface area contributed by atoms with E-state index in [-0.39, 0.29) is 23.9 Å². The Kier molecular flexibility index (Phi) is 2.69. The number of allylic oxidation sites excluding steroid dienone is 2. The van der Waals surface area contributed by atoms with E-state index in [1.54, 1.807) is 0 Å². The normalized spacial score (nSPS) is 47.9. The first-order chi connectivity index (χ1) is 9.63. The molecule has 0 spiro atoms. The number of fused-ring (bicyclic) bond motifs is 4. The Bertz CT molecular complexity index is 483. The summed E-state index contributed by atoms with van der Waals surface area (Å²) in [6.07, 6.45) is 9.27. The molecule has 4 aliphatic rings. The molecule has 0 unspecified atom stereocenters. The Morgan fingerprint density at radius 2 is 1.75 bits per heavy atom. The quantitative estimate of drug-likeness (QED) is 0.567. The first kappa shape index (κ1) is 12.4. The Balaban J connectivity index is 1.48. The van der Waals surface area contributed by atoms with Crippen molar-refractivity contribution in [2.45, 2.75) is 38.2 Å². The molecule has 4 nitrogen and oxygen atoms in total. The topological polar surface area (TPSA) is 66.4 Å². The van der Waals surface area contributed by atoms with Gasteiger partial charge in [-0.3, -0.25) is 4.79 Å². The molecule has 20 heavy (non-hydrogen) atoms. The number of carbonyl (C=O) groups excluding carboxylic acids is 2. The van der Waals surface area contributed by atoms with Gasteiger partial charge in [-0.1, -0.05) is 12.2 Å². The minimum absolute atomic E-state index is 0.0340. The van der Waals surface area contributed by atoms with Crippen LogP contribution < -0.4 is 5.11 Å². The van der Waals surface area contributed by atoms with Crippen LogP contribution in [0.1, 0.15) is 32.1 Å². The number of hydrogen-bond acceptors (Lipinski definition) is 4. The van der Waals surface area contributed by atoms with Gasteiger partial charge in [0.2, 0.25) is 0 Å². The number of carbonyl (C=O) groups is 2. The highest BCUT2D eigenvalue weighted by Crippen LogP contribution is 2.50. The summed E-state index contributed by atoms with van der Waals surface area (Å²) in [5.41, 5.74) is 0. The predicted octanol–water partition coefficient (Wildman–Crippen LogP) is 0.906. The molecule has 0 heterocycles. The Hall–Kier alpha value is -1.32. The molecule has 108 valence electrons. The zero-order valence-corrected chi connectivity index (χ0v) is 11.4. The van der Waals surface area contributed by atoms with Crippen molar-refractivity contribution in [3.8, 4) is 0 Å². The molecule has 4 aliphatic carbocycles. The Morgan fingerprint density at radius 1 is 1.00 bits per heavy atom. The highest BCUT2D eigenvalue weighted by molar-refractivity contribution is 5.82. The van der Waals surface area contributed by atoms with Crippen molar-refractivity contribution in [2.24, 2.45) is 35.5 Å². The monoisotopic (exact) mass is 275 g/mol. The van der Waals surface area contributed by atoms with Crippen molar-refractivity contribution >= 4 is 11.9 Å². The molecule has 3 saturated carbocycles. The van der Waals surface area contributed by atoms with Crippen molar-refractivity contribution in [3.05, 3.63) is 12.2 Å². The molecular weight excluding hydrogens is 256 g/mol. The number of aliphatic carboxylic acids is 1. The van der Waals surface area contributed by atoms with Gasteiger partial charge in [-0.2, -0.15) is 0 Å². The molecule has 3 fully saturated rings. The van der Waals surface area contributed by atoms with Crippen molar-refractivity contribution < 1.29 is 19.4 Å². The van der Waals surface area contributed by atoms with E-state index in [1.165, 1.54) is 12.8 Å². The molecule has 4 rings (SSSR count). The molecular formula is C16H19O4-. The fourth-order valence-electron chi connectivity index (χ4n) is 5.02. The van der Waals surface area contributed by atoms with Crippen LogP contribution in [0.5, 0.6) is 0 Å². The van der Waals surface area contributed by atoms with Crippen molar-refractivity contribution in [2.75, 3.05) is 0 Å². The Labute approximate surface area is 118 Å². The van der Waals surface area contributed by atoms with Crippen LogP contribution in [-0.4, -0.2) is 18.0 Å². The zero-order valence-electron chi connectivity index (χ0n) is 11.4. The van der Waals surface area contributed by atoms with Gasteiger partial charge in [-0.05, 0) is 55.8 Å². The maximum Gasteiger partial charge on any atom is 0.310 e. The zero-order chi connectivity index (χ0) is 13.9. The van der Waals surface area contributed by atoms with E-state index in [0.717, 1.165) is 25.2 Å².